The third-order valence-corrected chi connectivity index (χ3v) is 7.83. The van der Waals surface area contributed by atoms with Gasteiger partial charge >= 0.3 is 5.97 Å². The van der Waals surface area contributed by atoms with Crippen molar-refractivity contribution in [2.75, 3.05) is 27.4 Å². The smallest absolute Gasteiger partial charge is 0.308 e. The van der Waals surface area contributed by atoms with Gasteiger partial charge in [-0.3, -0.25) is 4.79 Å². The minimum atomic E-state index is -0.0698. The zero-order valence-electron chi connectivity index (χ0n) is 22.9. The van der Waals surface area contributed by atoms with E-state index in [9.17, 15) is 4.79 Å². The van der Waals surface area contributed by atoms with E-state index in [4.69, 9.17) is 19.5 Å². The van der Waals surface area contributed by atoms with Crippen LogP contribution in [-0.2, 0) is 24.0 Å². The largest absolute Gasteiger partial charge is 0.504 e. The number of hydrogen-bond donors (Lipinski definition) is 1. The third-order valence-electron chi connectivity index (χ3n) is 7.83. The van der Waals surface area contributed by atoms with E-state index in [0.717, 1.165) is 37.7 Å². The zero-order valence-corrected chi connectivity index (χ0v) is 22.9. The van der Waals surface area contributed by atoms with Crippen molar-refractivity contribution in [1.29, 1.82) is 0 Å². The van der Waals surface area contributed by atoms with Crippen LogP contribution < -0.4 is 0 Å². The molecule has 0 aliphatic heterocycles. The van der Waals surface area contributed by atoms with E-state index in [-0.39, 0.29) is 36.8 Å². The number of hydrogen-bond acceptors (Lipinski definition) is 6. The molecule has 204 valence electrons. The van der Waals surface area contributed by atoms with E-state index in [1.54, 1.807) is 19.6 Å². The van der Waals surface area contributed by atoms with Crippen LogP contribution in [0.15, 0.2) is 35.3 Å². The predicted octanol–water partition coefficient (Wildman–Crippen LogP) is 7.00. The van der Waals surface area contributed by atoms with Crippen LogP contribution in [0.1, 0.15) is 88.0 Å². The van der Waals surface area contributed by atoms with Gasteiger partial charge in [-0.15, -0.1) is 0 Å². The molecule has 2 saturated carbocycles. The summed E-state index contributed by atoms with van der Waals surface area (Å²) in [5.41, 5.74) is 4.18. The highest BCUT2D eigenvalue weighted by Gasteiger charge is 2.44. The fraction of sp³-hybridized carbons (Fsp3) is 0.759. The van der Waals surface area contributed by atoms with Gasteiger partial charge in [-0.05, 0) is 66.9 Å². The molecule has 0 aromatic heterocycles. The predicted molar refractivity (Wildman–Crippen MR) is 142 cm³/mol. The van der Waals surface area contributed by atoms with Crippen molar-refractivity contribution >= 4 is 5.97 Å². The monoisotopic (exact) mass is 496 g/mol. The van der Waals surface area contributed by atoms with Crippen LogP contribution in [-0.4, -0.2) is 38.5 Å². The first-order valence-corrected chi connectivity index (χ1v) is 12.5. The number of aliphatic hydroxyl groups is 1. The quantitative estimate of drug-likeness (QED) is 0.109. The number of allylic oxidation sites excluding steroid dienone is 4. The van der Waals surface area contributed by atoms with Crippen LogP contribution in [0, 0.1) is 28.6 Å². The van der Waals surface area contributed by atoms with Crippen LogP contribution in [0.3, 0.4) is 0 Å². The molecule has 0 aromatic carbocycles. The molecule has 35 heavy (non-hydrogen) atoms. The maximum atomic E-state index is 11.8. The summed E-state index contributed by atoms with van der Waals surface area (Å²) < 4.78 is 10.4. The molecule has 0 spiro atoms. The molecule has 2 aliphatic rings. The highest BCUT2D eigenvalue weighted by atomic mass is 17.2. The molecule has 0 aromatic rings. The van der Waals surface area contributed by atoms with E-state index in [0.29, 0.717) is 18.4 Å². The molecule has 6 nitrogen and oxygen atoms in total. The van der Waals surface area contributed by atoms with Crippen LogP contribution in [0.4, 0.5) is 0 Å². The van der Waals surface area contributed by atoms with Gasteiger partial charge in [0.25, 0.3) is 0 Å². The van der Waals surface area contributed by atoms with Crippen molar-refractivity contribution in [3.63, 3.8) is 0 Å². The van der Waals surface area contributed by atoms with Gasteiger partial charge in [-0.1, -0.05) is 60.6 Å². The number of carbonyl (C=O) groups excluding carboxylic acids is 1. The highest BCUT2D eigenvalue weighted by molar-refractivity contribution is 5.71. The topological polar surface area (TPSA) is 74.2 Å². The van der Waals surface area contributed by atoms with Gasteiger partial charge in [0, 0.05) is 12.5 Å². The Hall–Kier alpha value is -1.79. The molecule has 2 rings (SSSR count). The van der Waals surface area contributed by atoms with Crippen molar-refractivity contribution in [3.8, 4) is 0 Å². The molecule has 0 saturated heterocycles. The lowest BCUT2D eigenvalue weighted by Gasteiger charge is -2.47. The van der Waals surface area contributed by atoms with Crippen LogP contribution in [0.5, 0.6) is 0 Å². The fourth-order valence-electron chi connectivity index (χ4n) is 4.23. The first-order chi connectivity index (χ1) is 15.9. The van der Waals surface area contributed by atoms with Crippen LogP contribution >= 0.6 is 0 Å². The first kappa shape index (κ1) is 33.2. The van der Waals surface area contributed by atoms with Gasteiger partial charge in [0.05, 0.1) is 33.0 Å². The molecule has 0 bridgehead atoms. The normalized spacial score (nSPS) is 25.3. The molecular weight excluding hydrogens is 444 g/mol. The van der Waals surface area contributed by atoms with Crippen LogP contribution in [0.25, 0.3) is 0 Å². The average Bonchev–Trinajstić information content (AvgIpc) is 2.80. The average molecular weight is 497 g/mol. The van der Waals surface area contributed by atoms with E-state index in [2.05, 4.69) is 38.7 Å². The number of carbonyl (C=O) groups is 1. The molecular formula is C29H52O6. The second-order valence-electron chi connectivity index (χ2n) is 10.7. The Morgan fingerprint density at radius 3 is 2.20 bits per heavy atom. The third kappa shape index (κ3) is 9.30. The lowest BCUT2D eigenvalue weighted by atomic mass is 9.58. The number of ether oxygens (including phenoxy) is 2. The molecule has 3 atom stereocenters. The second kappa shape index (κ2) is 15.4. The first-order valence-electron chi connectivity index (χ1n) is 12.5. The molecule has 3 unspecified atom stereocenters. The number of aliphatic hydroxyl groups excluding tert-OH is 1. The van der Waals surface area contributed by atoms with Gasteiger partial charge in [-0.2, -0.15) is 4.89 Å². The fourth-order valence-corrected chi connectivity index (χ4v) is 4.23. The van der Waals surface area contributed by atoms with E-state index < -0.39 is 0 Å². The summed E-state index contributed by atoms with van der Waals surface area (Å²) in [4.78, 5) is 21.1. The Balaban J connectivity index is 0.000000807. The summed E-state index contributed by atoms with van der Waals surface area (Å²) in [5.74, 6) is 0.774. The Labute approximate surface area is 214 Å². The highest BCUT2D eigenvalue weighted by Crippen LogP contribution is 2.51. The van der Waals surface area contributed by atoms with E-state index in [1.165, 1.54) is 18.3 Å². The Morgan fingerprint density at radius 2 is 1.71 bits per heavy atom. The maximum Gasteiger partial charge on any atom is 0.308 e. The van der Waals surface area contributed by atoms with E-state index >= 15 is 0 Å². The van der Waals surface area contributed by atoms with Crippen molar-refractivity contribution < 1.29 is 29.1 Å². The lowest BCUT2D eigenvalue weighted by Crippen LogP contribution is -2.41. The van der Waals surface area contributed by atoms with E-state index in [1.807, 2.05) is 20.8 Å². The van der Waals surface area contributed by atoms with Crippen molar-refractivity contribution in [2.45, 2.75) is 88.0 Å². The molecule has 2 aliphatic carbocycles. The summed E-state index contributed by atoms with van der Waals surface area (Å²) in [6.45, 7) is 15.5. The minimum Gasteiger partial charge on any atom is -0.504 e. The molecule has 0 amide bonds. The Morgan fingerprint density at radius 1 is 1.11 bits per heavy atom. The summed E-state index contributed by atoms with van der Waals surface area (Å²) >= 11 is 0. The Kier molecular flexibility index (Phi) is 14.6. The van der Waals surface area contributed by atoms with Gasteiger partial charge < -0.3 is 19.5 Å². The molecule has 0 heterocycles. The summed E-state index contributed by atoms with van der Waals surface area (Å²) in [7, 11) is 3.16. The lowest BCUT2D eigenvalue weighted by molar-refractivity contribution is -0.223. The van der Waals surface area contributed by atoms with Crippen molar-refractivity contribution in [2.24, 2.45) is 28.6 Å². The summed E-state index contributed by atoms with van der Waals surface area (Å²) in [6.07, 6.45) is 10.5. The minimum absolute atomic E-state index is 0. The maximum absolute atomic E-state index is 11.8. The standard InChI is InChI=1S/C19H32O4.C9H16O2.CH4/c1-7-15(3)18(20)22-13-17-11-16(19(17,4)5)10-8-9-14(2)12-23-21-6;1-9(2)7(5-10)4-8(9)6-11-3;/h10,12,15,17H,7-9,11,13H2,1-6H3;6-7,10H,4-5H2,1-3H3;1H4/b14-12+,16-10?;;. The van der Waals surface area contributed by atoms with Crippen molar-refractivity contribution in [1.82, 2.24) is 0 Å². The number of methoxy groups -OCH3 is 1. The molecule has 0 radical (unpaired) electrons. The van der Waals surface area contributed by atoms with Gasteiger partial charge in [-0.25, -0.2) is 0 Å². The molecule has 6 heteroatoms. The summed E-state index contributed by atoms with van der Waals surface area (Å²) in [5, 5.41) is 8.94. The second-order valence-corrected chi connectivity index (χ2v) is 10.7. The van der Waals surface area contributed by atoms with Crippen molar-refractivity contribution in [3.05, 3.63) is 35.3 Å². The van der Waals surface area contributed by atoms with Gasteiger partial charge in [0.2, 0.25) is 0 Å². The molecule has 1 N–H and O–H groups in total. The zero-order chi connectivity index (χ0) is 25.9. The number of esters is 1. The van der Waals surface area contributed by atoms with Crippen LogP contribution in [0.2, 0.25) is 0 Å². The van der Waals surface area contributed by atoms with Gasteiger partial charge in [0.1, 0.15) is 6.26 Å². The summed E-state index contributed by atoms with van der Waals surface area (Å²) in [6, 6.07) is 0. The number of rotatable bonds is 11. The molecule has 2 fully saturated rings. The SMILES string of the molecule is C.CCC(C)C(=O)OCC1CC(=CCC/C(C)=C/OOC)C1(C)C.COC=C1CC(CO)C1(C)C. The Bertz CT molecular complexity index is 731. The van der Waals surface area contributed by atoms with Gasteiger partial charge in [0.15, 0.2) is 0 Å².